The number of aromatic nitrogens is 1. The molecule has 3 N–H and O–H groups in total. The normalized spacial score (nSPS) is 19.5. The van der Waals surface area contributed by atoms with Gasteiger partial charge in [-0.3, -0.25) is 19.9 Å². The highest BCUT2D eigenvalue weighted by atomic mass is 16.2. The highest BCUT2D eigenvalue weighted by molar-refractivity contribution is 6.01. The number of amides is 2. The summed E-state index contributed by atoms with van der Waals surface area (Å²) in [7, 11) is 0. The van der Waals surface area contributed by atoms with Crippen molar-refractivity contribution in [2.75, 3.05) is 5.73 Å². The first-order valence-electron chi connectivity index (χ1n) is 6.13. The molecule has 1 aliphatic heterocycles. The van der Waals surface area contributed by atoms with Gasteiger partial charge in [0.1, 0.15) is 0 Å². The van der Waals surface area contributed by atoms with Crippen molar-refractivity contribution in [2.45, 2.75) is 18.8 Å². The summed E-state index contributed by atoms with van der Waals surface area (Å²) in [5.41, 5.74) is 8.23. The molecule has 96 valence electrons. The molecule has 19 heavy (non-hydrogen) atoms. The van der Waals surface area contributed by atoms with Gasteiger partial charge in [-0.15, -0.1) is 0 Å². The number of nitrogens with zero attached hydrogens (tertiary/aromatic N) is 1. The van der Waals surface area contributed by atoms with E-state index in [-0.39, 0.29) is 17.7 Å². The van der Waals surface area contributed by atoms with Gasteiger partial charge in [-0.25, -0.2) is 0 Å². The lowest BCUT2D eigenvalue weighted by atomic mass is 9.89. The van der Waals surface area contributed by atoms with Crippen molar-refractivity contribution in [3.05, 3.63) is 36.0 Å². The van der Waals surface area contributed by atoms with E-state index in [9.17, 15) is 9.59 Å². The van der Waals surface area contributed by atoms with Crippen LogP contribution in [-0.4, -0.2) is 16.8 Å². The zero-order valence-electron chi connectivity index (χ0n) is 10.2. The van der Waals surface area contributed by atoms with E-state index in [2.05, 4.69) is 10.3 Å². The average Bonchev–Trinajstić information content (AvgIpc) is 2.39. The Balaban J connectivity index is 2.04. The standard InChI is InChI=1S/C14H13N3O2/c15-11-5-6-16-12-3-1-8(7-10(11)12)9-2-4-13(18)17-14(9)19/h1,3,5-7,9H,2,4H2,(H2,15,16)(H,17,18,19). The van der Waals surface area contributed by atoms with Crippen molar-refractivity contribution >= 4 is 28.4 Å². The van der Waals surface area contributed by atoms with Gasteiger partial charge in [-0.2, -0.15) is 0 Å². The fraction of sp³-hybridized carbons (Fsp3) is 0.214. The van der Waals surface area contributed by atoms with Crippen LogP contribution in [0.5, 0.6) is 0 Å². The van der Waals surface area contributed by atoms with Crippen LogP contribution in [0.2, 0.25) is 0 Å². The van der Waals surface area contributed by atoms with Gasteiger partial charge >= 0.3 is 0 Å². The summed E-state index contributed by atoms with van der Waals surface area (Å²) < 4.78 is 0. The number of benzene rings is 1. The lowest BCUT2D eigenvalue weighted by Gasteiger charge is -2.21. The van der Waals surface area contributed by atoms with Gasteiger partial charge in [0.15, 0.2) is 0 Å². The number of carbonyl (C=O) groups is 2. The number of imide groups is 1. The molecule has 0 aliphatic carbocycles. The number of hydrogen-bond donors (Lipinski definition) is 2. The van der Waals surface area contributed by atoms with Crippen LogP contribution in [0.25, 0.3) is 10.9 Å². The van der Waals surface area contributed by atoms with E-state index in [4.69, 9.17) is 5.73 Å². The molecule has 1 atom stereocenters. The van der Waals surface area contributed by atoms with Crippen LogP contribution in [-0.2, 0) is 9.59 Å². The first-order chi connectivity index (χ1) is 9.15. The Kier molecular flexibility index (Phi) is 2.67. The van der Waals surface area contributed by atoms with Gasteiger partial charge in [-0.05, 0) is 30.2 Å². The Hall–Kier alpha value is -2.43. The van der Waals surface area contributed by atoms with Crippen molar-refractivity contribution in [1.29, 1.82) is 0 Å². The van der Waals surface area contributed by atoms with E-state index in [1.807, 2.05) is 18.2 Å². The second-order valence-electron chi connectivity index (χ2n) is 4.68. The topological polar surface area (TPSA) is 85.1 Å². The van der Waals surface area contributed by atoms with Gasteiger partial charge < -0.3 is 5.73 Å². The number of fused-ring (bicyclic) bond motifs is 1. The smallest absolute Gasteiger partial charge is 0.234 e. The maximum atomic E-state index is 11.8. The molecular weight excluding hydrogens is 242 g/mol. The summed E-state index contributed by atoms with van der Waals surface area (Å²) in [6, 6.07) is 7.34. The van der Waals surface area contributed by atoms with E-state index >= 15 is 0 Å². The van der Waals surface area contributed by atoms with Gasteiger partial charge in [0.25, 0.3) is 0 Å². The molecule has 2 amide bonds. The molecule has 2 heterocycles. The highest BCUT2D eigenvalue weighted by Crippen LogP contribution is 2.28. The number of pyridine rings is 1. The van der Waals surface area contributed by atoms with E-state index in [0.717, 1.165) is 16.5 Å². The molecule has 0 radical (unpaired) electrons. The molecular formula is C14H13N3O2. The minimum absolute atomic E-state index is 0.205. The number of nitrogen functional groups attached to an aromatic ring is 1. The maximum Gasteiger partial charge on any atom is 0.234 e. The van der Waals surface area contributed by atoms with Crippen molar-refractivity contribution in [1.82, 2.24) is 10.3 Å². The van der Waals surface area contributed by atoms with Gasteiger partial charge in [0.05, 0.1) is 11.4 Å². The van der Waals surface area contributed by atoms with Crippen LogP contribution in [0.3, 0.4) is 0 Å². The molecule has 5 nitrogen and oxygen atoms in total. The number of carbonyl (C=O) groups excluding carboxylic acids is 2. The zero-order valence-corrected chi connectivity index (χ0v) is 10.2. The van der Waals surface area contributed by atoms with Crippen LogP contribution in [0.4, 0.5) is 5.69 Å². The van der Waals surface area contributed by atoms with Gasteiger partial charge in [-0.1, -0.05) is 6.07 Å². The first-order valence-corrected chi connectivity index (χ1v) is 6.13. The van der Waals surface area contributed by atoms with E-state index < -0.39 is 0 Å². The Morgan fingerprint density at radius 2 is 2.11 bits per heavy atom. The minimum atomic E-state index is -0.290. The molecule has 1 aromatic carbocycles. The highest BCUT2D eigenvalue weighted by Gasteiger charge is 2.28. The average molecular weight is 255 g/mol. The molecule has 0 spiro atoms. The Morgan fingerprint density at radius 3 is 2.89 bits per heavy atom. The van der Waals surface area contributed by atoms with E-state index in [0.29, 0.717) is 18.5 Å². The SMILES string of the molecule is Nc1ccnc2ccc(C3CCC(=O)NC3=O)cc12. The van der Waals surface area contributed by atoms with Crippen molar-refractivity contribution in [3.8, 4) is 0 Å². The third-order valence-corrected chi connectivity index (χ3v) is 3.44. The fourth-order valence-corrected chi connectivity index (χ4v) is 2.41. The Bertz CT molecular complexity index is 681. The predicted molar refractivity (Wildman–Crippen MR) is 71.3 cm³/mol. The third kappa shape index (κ3) is 2.03. The monoisotopic (exact) mass is 255 g/mol. The van der Waals surface area contributed by atoms with Crippen molar-refractivity contribution in [3.63, 3.8) is 0 Å². The predicted octanol–water partition coefficient (Wildman–Crippen LogP) is 1.34. The zero-order chi connectivity index (χ0) is 13.4. The Morgan fingerprint density at radius 1 is 1.26 bits per heavy atom. The van der Waals surface area contributed by atoms with Crippen LogP contribution >= 0.6 is 0 Å². The molecule has 3 rings (SSSR count). The maximum absolute atomic E-state index is 11.8. The number of hydrogen-bond acceptors (Lipinski definition) is 4. The molecule has 0 saturated carbocycles. The number of piperidine rings is 1. The van der Waals surface area contributed by atoms with E-state index in [1.54, 1.807) is 12.3 Å². The fourth-order valence-electron chi connectivity index (χ4n) is 2.41. The summed E-state index contributed by atoms with van der Waals surface area (Å²) >= 11 is 0. The summed E-state index contributed by atoms with van der Waals surface area (Å²) in [6.45, 7) is 0. The third-order valence-electron chi connectivity index (χ3n) is 3.44. The minimum Gasteiger partial charge on any atom is -0.398 e. The van der Waals surface area contributed by atoms with Gasteiger partial charge in [0, 0.05) is 23.7 Å². The molecule has 1 fully saturated rings. The second-order valence-corrected chi connectivity index (χ2v) is 4.68. The molecule has 0 bridgehead atoms. The van der Waals surface area contributed by atoms with Gasteiger partial charge in [0.2, 0.25) is 11.8 Å². The van der Waals surface area contributed by atoms with Crippen LogP contribution in [0, 0.1) is 0 Å². The summed E-state index contributed by atoms with van der Waals surface area (Å²) in [4.78, 5) is 27.2. The molecule has 1 unspecified atom stereocenters. The number of anilines is 1. The molecule has 5 heteroatoms. The lowest BCUT2D eigenvalue weighted by molar-refractivity contribution is -0.134. The summed E-state index contributed by atoms with van der Waals surface area (Å²) in [5, 5.41) is 3.20. The first kappa shape index (κ1) is 11.6. The molecule has 2 aromatic rings. The van der Waals surface area contributed by atoms with Crippen LogP contribution in [0.15, 0.2) is 30.5 Å². The number of nitrogens with two attached hydrogens (primary N) is 1. The molecule has 1 saturated heterocycles. The molecule has 1 aromatic heterocycles. The summed E-state index contributed by atoms with van der Waals surface area (Å²) in [5.74, 6) is -0.733. The summed E-state index contributed by atoms with van der Waals surface area (Å²) in [6.07, 6.45) is 2.57. The molecule has 1 aliphatic rings. The quantitative estimate of drug-likeness (QED) is 0.753. The lowest BCUT2D eigenvalue weighted by Crippen LogP contribution is -2.39. The van der Waals surface area contributed by atoms with Crippen LogP contribution in [0.1, 0.15) is 24.3 Å². The van der Waals surface area contributed by atoms with E-state index in [1.165, 1.54) is 0 Å². The second kappa shape index (κ2) is 4.35. The van der Waals surface area contributed by atoms with Crippen LogP contribution < -0.4 is 11.1 Å². The Labute approximate surface area is 109 Å². The largest absolute Gasteiger partial charge is 0.398 e. The number of rotatable bonds is 1. The van der Waals surface area contributed by atoms with Crippen molar-refractivity contribution < 1.29 is 9.59 Å². The number of nitrogens with one attached hydrogen (secondary N) is 1. The van der Waals surface area contributed by atoms with Crippen molar-refractivity contribution in [2.24, 2.45) is 0 Å².